The lowest BCUT2D eigenvalue weighted by atomic mass is 10.2. The lowest BCUT2D eigenvalue weighted by Gasteiger charge is -2.21. The second kappa shape index (κ2) is 9.21. The van der Waals surface area contributed by atoms with Crippen molar-refractivity contribution in [2.45, 2.75) is 25.6 Å². The van der Waals surface area contributed by atoms with Crippen LogP contribution in [0.1, 0.15) is 19.3 Å². The predicted molar refractivity (Wildman–Crippen MR) is 63.0 cm³/mol. The molecule has 0 amide bonds. The Labute approximate surface area is 96.2 Å². The first kappa shape index (κ1) is 13.0. The predicted octanol–water partition coefficient (Wildman–Crippen LogP) is 2.42. The van der Waals surface area contributed by atoms with Crippen molar-refractivity contribution in [3.63, 3.8) is 0 Å². The summed E-state index contributed by atoms with van der Waals surface area (Å²) in [6.07, 6.45) is 9.40. The van der Waals surface area contributed by atoms with Gasteiger partial charge in [-0.3, -0.25) is 0 Å². The summed E-state index contributed by atoms with van der Waals surface area (Å²) in [7, 11) is 0. The number of hydrogen-bond acceptors (Lipinski definition) is 4. The highest BCUT2D eigenvalue weighted by atomic mass is 32.2. The van der Waals surface area contributed by atoms with E-state index < -0.39 is 0 Å². The molecule has 0 aromatic rings. The Kier molecular flexibility index (Phi) is 8.01. The lowest BCUT2D eigenvalue weighted by molar-refractivity contribution is -0.155. The molecule has 1 unspecified atom stereocenters. The van der Waals surface area contributed by atoms with Gasteiger partial charge in [-0.15, -0.1) is 11.8 Å². The van der Waals surface area contributed by atoms with Crippen LogP contribution in [0.25, 0.3) is 0 Å². The average molecular weight is 232 g/mol. The zero-order valence-corrected chi connectivity index (χ0v) is 10.1. The maximum atomic E-state index is 5.52. The SMILES string of the molecule is CSCOC/C=C\COC1CCCCO1. The van der Waals surface area contributed by atoms with Crippen LogP contribution < -0.4 is 0 Å². The third-order valence-corrected chi connectivity index (χ3v) is 2.50. The van der Waals surface area contributed by atoms with Gasteiger partial charge in [0.05, 0.1) is 19.2 Å². The van der Waals surface area contributed by atoms with Crippen molar-refractivity contribution in [3.8, 4) is 0 Å². The van der Waals surface area contributed by atoms with E-state index in [1.807, 2.05) is 18.4 Å². The number of thioether (sulfide) groups is 1. The third kappa shape index (κ3) is 6.95. The molecule has 0 saturated carbocycles. The van der Waals surface area contributed by atoms with E-state index in [-0.39, 0.29) is 6.29 Å². The Morgan fingerprint density at radius 2 is 2.20 bits per heavy atom. The molecule has 1 rings (SSSR count). The van der Waals surface area contributed by atoms with Gasteiger partial charge < -0.3 is 14.2 Å². The molecule has 0 spiro atoms. The minimum absolute atomic E-state index is 0.00974. The summed E-state index contributed by atoms with van der Waals surface area (Å²) in [5.41, 5.74) is 0. The van der Waals surface area contributed by atoms with Crippen molar-refractivity contribution in [2.75, 3.05) is 32.0 Å². The molecular formula is C11H20O3S. The van der Waals surface area contributed by atoms with Gasteiger partial charge in [0.15, 0.2) is 6.29 Å². The van der Waals surface area contributed by atoms with Crippen molar-refractivity contribution in [1.29, 1.82) is 0 Å². The van der Waals surface area contributed by atoms with Crippen molar-refractivity contribution in [3.05, 3.63) is 12.2 Å². The van der Waals surface area contributed by atoms with E-state index in [2.05, 4.69) is 0 Å². The van der Waals surface area contributed by atoms with Gasteiger partial charge in [-0.05, 0) is 25.5 Å². The largest absolute Gasteiger partial charge is 0.367 e. The Hall–Kier alpha value is -0.0300. The Morgan fingerprint density at radius 1 is 1.33 bits per heavy atom. The summed E-state index contributed by atoms with van der Waals surface area (Å²) in [5.74, 6) is 0.747. The van der Waals surface area contributed by atoms with Crippen LogP contribution in [0.15, 0.2) is 12.2 Å². The van der Waals surface area contributed by atoms with Crippen molar-refractivity contribution in [1.82, 2.24) is 0 Å². The van der Waals surface area contributed by atoms with Gasteiger partial charge >= 0.3 is 0 Å². The zero-order valence-electron chi connectivity index (χ0n) is 9.31. The Balaban J connectivity index is 1.90. The number of rotatable bonds is 7. The van der Waals surface area contributed by atoms with E-state index in [1.165, 1.54) is 6.42 Å². The molecule has 1 atom stereocenters. The molecule has 0 aliphatic carbocycles. The second-order valence-corrected chi connectivity index (χ2v) is 4.19. The maximum Gasteiger partial charge on any atom is 0.157 e. The second-order valence-electron chi connectivity index (χ2n) is 3.38. The molecule has 15 heavy (non-hydrogen) atoms. The lowest BCUT2D eigenvalue weighted by Crippen LogP contribution is -2.22. The fourth-order valence-electron chi connectivity index (χ4n) is 1.34. The number of ether oxygens (including phenoxy) is 3. The molecule has 1 aliphatic heterocycles. The standard InChI is InChI=1S/C11H20O3S/c1-15-10-12-7-4-5-9-14-11-6-2-3-8-13-11/h4-5,11H,2-3,6-10H2,1H3/b5-4-. The van der Waals surface area contributed by atoms with Crippen LogP contribution in [-0.2, 0) is 14.2 Å². The highest BCUT2D eigenvalue weighted by Gasteiger charge is 2.12. The summed E-state index contributed by atoms with van der Waals surface area (Å²) < 4.78 is 16.2. The molecule has 0 bridgehead atoms. The summed E-state index contributed by atoms with van der Waals surface area (Å²) in [6, 6.07) is 0. The van der Waals surface area contributed by atoms with E-state index in [4.69, 9.17) is 14.2 Å². The zero-order chi connectivity index (χ0) is 10.8. The van der Waals surface area contributed by atoms with Crippen LogP contribution >= 0.6 is 11.8 Å². The van der Waals surface area contributed by atoms with Gasteiger partial charge in [-0.2, -0.15) is 0 Å². The van der Waals surface area contributed by atoms with Crippen molar-refractivity contribution >= 4 is 11.8 Å². The molecule has 1 heterocycles. The first-order chi connectivity index (χ1) is 7.43. The highest BCUT2D eigenvalue weighted by molar-refractivity contribution is 7.98. The Morgan fingerprint density at radius 3 is 2.93 bits per heavy atom. The molecule has 0 aromatic heterocycles. The monoisotopic (exact) mass is 232 g/mol. The summed E-state index contributed by atoms with van der Waals surface area (Å²) in [6.45, 7) is 2.12. The van der Waals surface area contributed by atoms with Crippen LogP contribution in [0.2, 0.25) is 0 Å². The summed E-state index contributed by atoms with van der Waals surface area (Å²) >= 11 is 1.68. The smallest absolute Gasteiger partial charge is 0.157 e. The first-order valence-electron chi connectivity index (χ1n) is 5.38. The molecule has 88 valence electrons. The fourth-order valence-corrected chi connectivity index (χ4v) is 1.60. The van der Waals surface area contributed by atoms with Gasteiger partial charge in [-0.1, -0.05) is 12.2 Å². The summed E-state index contributed by atoms with van der Waals surface area (Å²) in [5, 5.41) is 0. The van der Waals surface area contributed by atoms with Gasteiger partial charge in [0.2, 0.25) is 0 Å². The van der Waals surface area contributed by atoms with E-state index in [0.717, 1.165) is 25.4 Å². The van der Waals surface area contributed by atoms with E-state index in [9.17, 15) is 0 Å². The van der Waals surface area contributed by atoms with Crippen LogP contribution in [0.5, 0.6) is 0 Å². The van der Waals surface area contributed by atoms with Crippen LogP contribution in [-0.4, -0.2) is 38.3 Å². The van der Waals surface area contributed by atoms with Gasteiger partial charge in [0.1, 0.15) is 0 Å². The molecule has 1 fully saturated rings. The Bertz CT molecular complexity index is 167. The van der Waals surface area contributed by atoms with E-state index in [1.54, 1.807) is 11.8 Å². The van der Waals surface area contributed by atoms with Crippen LogP contribution in [0.4, 0.5) is 0 Å². The van der Waals surface area contributed by atoms with E-state index in [0.29, 0.717) is 13.2 Å². The van der Waals surface area contributed by atoms with Crippen LogP contribution in [0, 0.1) is 0 Å². The van der Waals surface area contributed by atoms with E-state index >= 15 is 0 Å². The van der Waals surface area contributed by atoms with Gasteiger partial charge in [0.25, 0.3) is 0 Å². The molecule has 1 saturated heterocycles. The summed E-state index contributed by atoms with van der Waals surface area (Å²) in [4.78, 5) is 0. The fraction of sp³-hybridized carbons (Fsp3) is 0.818. The molecule has 3 nitrogen and oxygen atoms in total. The minimum atomic E-state index is 0.00974. The molecule has 4 heteroatoms. The molecule has 1 aliphatic rings. The quantitative estimate of drug-likeness (QED) is 0.383. The molecular weight excluding hydrogens is 212 g/mol. The minimum Gasteiger partial charge on any atom is -0.367 e. The molecule has 0 N–H and O–H groups in total. The average Bonchev–Trinajstić information content (AvgIpc) is 2.29. The van der Waals surface area contributed by atoms with Gasteiger partial charge in [0, 0.05) is 6.61 Å². The molecule has 0 aromatic carbocycles. The van der Waals surface area contributed by atoms with Gasteiger partial charge in [-0.25, -0.2) is 0 Å². The topological polar surface area (TPSA) is 27.7 Å². The van der Waals surface area contributed by atoms with Crippen molar-refractivity contribution < 1.29 is 14.2 Å². The maximum absolute atomic E-state index is 5.52. The third-order valence-electron chi connectivity index (χ3n) is 2.10. The molecule has 0 radical (unpaired) electrons. The normalized spacial score (nSPS) is 22.3. The highest BCUT2D eigenvalue weighted by Crippen LogP contribution is 2.13. The first-order valence-corrected chi connectivity index (χ1v) is 6.77. The number of hydrogen-bond donors (Lipinski definition) is 0. The van der Waals surface area contributed by atoms with Crippen molar-refractivity contribution in [2.24, 2.45) is 0 Å². The van der Waals surface area contributed by atoms with Crippen LogP contribution in [0.3, 0.4) is 0 Å².